The van der Waals surface area contributed by atoms with Gasteiger partial charge in [-0.05, 0) is 25.2 Å². The average Bonchev–Trinajstić information content (AvgIpc) is 2.18. The number of guanidine groups is 1. The summed E-state index contributed by atoms with van der Waals surface area (Å²) in [5.74, 6) is -0.979. The number of carboxylic acids is 1. The van der Waals surface area contributed by atoms with Crippen LogP contribution in [0.15, 0.2) is 0 Å². The third-order valence-electron chi connectivity index (χ3n) is 2.75. The van der Waals surface area contributed by atoms with Crippen molar-refractivity contribution in [2.75, 3.05) is 13.1 Å². The van der Waals surface area contributed by atoms with E-state index >= 15 is 0 Å². The molecule has 0 aromatic heterocycles. The monoisotopic (exact) mass is 213 g/mol. The van der Waals surface area contributed by atoms with Crippen molar-refractivity contribution in [3.63, 3.8) is 0 Å². The number of carboxylic acid groups (broad SMARTS) is 1. The van der Waals surface area contributed by atoms with Crippen molar-refractivity contribution < 1.29 is 9.90 Å². The minimum absolute atomic E-state index is 0.0433. The lowest BCUT2D eigenvalue weighted by Crippen LogP contribution is -2.47. The van der Waals surface area contributed by atoms with Gasteiger partial charge in [-0.3, -0.25) is 5.41 Å². The molecule has 6 heteroatoms. The summed E-state index contributed by atoms with van der Waals surface area (Å²) in [6.45, 7) is 1.39. The van der Waals surface area contributed by atoms with E-state index in [1.807, 2.05) is 0 Å². The largest absolute Gasteiger partial charge is 0.548 e. The first-order chi connectivity index (χ1) is 7.00. The number of rotatable bonds is 3. The van der Waals surface area contributed by atoms with Gasteiger partial charge in [-0.25, -0.2) is 0 Å². The summed E-state index contributed by atoms with van der Waals surface area (Å²) in [7, 11) is 0. The maximum Gasteiger partial charge on any atom is 0.188 e. The summed E-state index contributed by atoms with van der Waals surface area (Å²) in [5.41, 5.74) is 10.8. The fraction of sp³-hybridized carbons (Fsp3) is 0.778. The number of hydrogen-bond acceptors (Lipinski definition) is 4. The van der Waals surface area contributed by atoms with Gasteiger partial charge in [0.15, 0.2) is 5.96 Å². The van der Waals surface area contributed by atoms with Gasteiger partial charge >= 0.3 is 0 Å². The lowest BCUT2D eigenvalue weighted by Gasteiger charge is -2.34. The molecular weight excluding hydrogens is 196 g/mol. The first-order valence-corrected chi connectivity index (χ1v) is 5.06. The summed E-state index contributed by atoms with van der Waals surface area (Å²) >= 11 is 0. The van der Waals surface area contributed by atoms with Crippen molar-refractivity contribution in [2.24, 2.45) is 17.4 Å². The van der Waals surface area contributed by atoms with Crippen molar-refractivity contribution >= 4 is 11.9 Å². The molecule has 1 aliphatic heterocycles. The SMILES string of the molecule is N=C(N)N1CCC[C@H](C[C@H](N)C(=O)[O-])C1. The minimum Gasteiger partial charge on any atom is -0.548 e. The molecule has 1 heterocycles. The highest BCUT2D eigenvalue weighted by atomic mass is 16.4. The fourth-order valence-electron chi connectivity index (χ4n) is 1.93. The second-order valence-electron chi connectivity index (χ2n) is 4.00. The van der Waals surface area contributed by atoms with Gasteiger partial charge in [0.1, 0.15) is 0 Å². The van der Waals surface area contributed by atoms with Crippen LogP contribution in [0.2, 0.25) is 0 Å². The van der Waals surface area contributed by atoms with Crippen molar-refractivity contribution in [1.82, 2.24) is 4.90 Å². The fourth-order valence-corrected chi connectivity index (χ4v) is 1.93. The maximum absolute atomic E-state index is 10.5. The van der Waals surface area contributed by atoms with Gasteiger partial charge in [-0.2, -0.15) is 0 Å². The van der Waals surface area contributed by atoms with Gasteiger partial charge in [0.2, 0.25) is 0 Å². The lowest BCUT2D eigenvalue weighted by atomic mass is 9.92. The molecule has 1 saturated heterocycles. The molecule has 0 radical (unpaired) electrons. The number of likely N-dealkylation sites (tertiary alicyclic amines) is 1. The third-order valence-corrected chi connectivity index (χ3v) is 2.75. The molecule has 1 rings (SSSR count). The van der Waals surface area contributed by atoms with Crippen molar-refractivity contribution in [3.05, 3.63) is 0 Å². The third kappa shape index (κ3) is 3.39. The zero-order valence-corrected chi connectivity index (χ0v) is 8.61. The number of carbonyl (C=O) groups is 1. The van der Waals surface area contributed by atoms with E-state index in [4.69, 9.17) is 16.9 Å². The van der Waals surface area contributed by atoms with E-state index in [0.717, 1.165) is 19.4 Å². The highest BCUT2D eigenvalue weighted by molar-refractivity contribution is 5.74. The molecule has 0 saturated carbocycles. The van der Waals surface area contributed by atoms with E-state index in [1.165, 1.54) is 0 Å². The van der Waals surface area contributed by atoms with Crippen LogP contribution in [0.1, 0.15) is 19.3 Å². The Morgan fingerprint density at radius 3 is 2.87 bits per heavy atom. The van der Waals surface area contributed by atoms with Gasteiger partial charge in [0.05, 0.1) is 5.97 Å². The first-order valence-electron chi connectivity index (χ1n) is 5.06. The Labute approximate surface area is 88.7 Å². The quantitative estimate of drug-likeness (QED) is 0.372. The zero-order valence-electron chi connectivity index (χ0n) is 8.61. The molecule has 0 amide bonds. The lowest BCUT2D eigenvalue weighted by molar-refractivity contribution is -0.307. The van der Waals surface area contributed by atoms with Crippen LogP contribution in [0.25, 0.3) is 0 Å². The summed E-state index contributed by atoms with van der Waals surface area (Å²) in [5, 5.41) is 17.8. The van der Waals surface area contributed by atoms with Gasteiger partial charge < -0.3 is 26.3 Å². The number of nitrogens with one attached hydrogen (secondary N) is 1. The van der Waals surface area contributed by atoms with Crippen LogP contribution in [0, 0.1) is 11.3 Å². The van der Waals surface area contributed by atoms with Crippen LogP contribution >= 0.6 is 0 Å². The van der Waals surface area contributed by atoms with Crippen molar-refractivity contribution in [1.29, 1.82) is 5.41 Å². The van der Waals surface area contributed by atoms with E-state index in [0.29, 0.717) is 13.0 Å². The smallest absolute Gasteiger partial charge is 0.188 e. The van der Waals surface area contributed by atoms with Gasteiger partial charge in [0, 0.05) is 19.1 Å². The standard InChI is InChI=1S/C9H18N4O2/c10-7(8(14)15)4-6-2-1-3-13(5-6)9(11)12/h6-7H,1-5,10H2,(H3,11,12)(H,14,15)/p-1/t6-,7+/m1/s1. The van der Waals surface area contributed by atoms with Crippen molar-refractivity contribution in [3.8, 4) is 0 Å². The second-order valence-corrected chi connectivity index (χ2v) is 4.00. The maximum atomic E-state index is 10.5. The number of piperidine rings is 1. The topological polar surface area (TPSA) is 119 Å². The Bertz CT molecular complexity index is 254. The van der Waals surface area contributed by atoms with Crippen molar-refractivity contribution in [2.45, 2.75) is 25.3 Å². The van der Waals surface area contributed by atoms with Gasteiger partial charge in [0.25, 0.3) is 0 Å². The molecule has 1 fully saturated rings. The molecule has 1 aliphatic rings. The first kappa shape index (κ1) is 11.8. The van der Waals surface area contributed by atoms with Crippen LogP contribution in [0.5, 0.6) is 0 Å². The van der Waals surface area contributed by atoms with E-state index in [-0.39, 0.29) is 11.9 Å². The Kier molecular flexibility index (Phi) is 3.90. The number of hydrogen-bond donors (Lipinski definition) is 3. The Morgan fingerprint density at radius 1 is 1.67 bits per heavy atom. The summed E-state index contributed by atoms with van der Waals surface area (Å²) in [4.78, 5) is 12.2. The van der Waals surface area contributed by atoms with E-state index in [2.05, 4.69) is 0 Å². The number of nitrogens with two attached hydrogens (primary N) is 2. The summed E-state index contributed by atoms with van der Waals surface area (Å²) in [6, 6.07) is -0.915. The minimum atomic E-state index is -1.21. The molecule has 2 atom stereocenters. The van der Waals surface area contributed by atoms with E-state index < -0.39 is 12.0 Å². The zero-order chi connectivity index (χ0) is 11.4. The predicted molar refractivity (Wildman–Crippen MR) is 53.8 cm³/mol. The number of aliphatic carboxylic acids is 1. The van der Waals surface area contributed by atoms with Crippen LogP contribution in [0.4, 0.5) is 0 Å². The normalized spacial score (nSPS) is 23.5. The Hall–Kier alpha value is -1.30. The predicted octanol–water partition coefficient (Wildman–Crippen LogP) is -1.94. The van der Waals surface area contributed by atoms with Gasteiger partial charge in [-0.1, -0.05) is 0 Å². The molecular formula is C9H17N4O2-. The molecule has 0 aliphatic carbocycles. The highest BCUT2D eigenvalue weighted by Crippen LogP contribution is 2.19. The van der Waals surface area contributed by atoms with Crippen LogP contribution in [-0.4, -0.2) is 36.0 Å². The number of carbonyl (C=O) groups excluding carboxylic acids is 1. The molecule has 0 aromatic carbocycles. The molecule has 0 bridgehead atoms. The van der Waals surface area contributed by atoms with Crippen LogP contribution < -0.4 is 16.6 Å². The molecule has 86 valence electrons. The second kappa shape index (κ2) is 4.97. The van der Waals surface area contributed by atoms with E-state index in [9.17, 15) is 9.90 Å². The van der Waals surface area contributed by atoms with E-state index in [1.54, 1.807) is 4.90 Å². The van der Waals surface area contributed by atoms with Crippen LogP contribution in [-0.2, 0) is 4.79 Å². The number of nitrogens with zero attached hydrogens (tertiary/aromatic N) is 1. The summed E-state index contributed by atoms with van der Waals surface area (Å²) < 4.78 is 0. The molecule has 0 aromatic rings. The molecule has 15 heavy (non-hydrogen) atoms. The molecule has 6 nitrogen and oxygen atoms in total. The molecule has 5 N–H and O–H groups in total. The van der Waals surface area contributed by atoms with Gasteiger partial charge in [-0.15, -0.1) is 0 Å². The molecule has 0 spiro atoms. The molecule has 0 unspecified atom stereocenters. The van der Waals surface area contributed by atoms with Crippen LogP contribution in [0.3, 0.4) is 0 Å². The Balaban J connectivity index is 2.43. The highest BCUT2D eigenvalue weighted by Gasteiger charge is 2.22. The summed E-state index contributed by atoms with van der Waals surface area (Å²) in [6.07, 6.45) is 2.25. The Morgan fingerprint density at radius 2 is 2.33 bits per heavy atom. The average molecular weight is 213 g/mol.